The van der Waals surface area contributed by atoms with Crippen molar-refractivity contribution in [2.75, 3.05) is 13.2 Å². The van der Waals surface area contributed by atoms with Crippen LogP contribution >= 0.6 is 0 Å². The van der Waals surface area contributed by atoms with Crippen LogP contribution in [-0.4, -0.2) is 36.1 Å². The largest absolute Gasteiger partial charge is 0.490 e. The third kappa shape index (κ3) is 3.76. The molecule has 6 nitrogen and oxygen atoms in total. The molecule has 22 heavy (non-hydrogen) atoms. The van der Waals surface area contributed by atoms with Crippen LogP contribution in [0.5, 0.6) is 5.75 Å². The van der Waals surface area contributed by atoms with Crippen LogP contribution in [-0.2, 0) is 15.9 Å². The zero-order valence-electron chi connectivity index (χ0n) is 13.5. The van der Waals surface area contributed by atoms with E-state index in [0.29, 0.717) is 18.8 Å². The Kier molecular flexibility index (Phi) is 5.05. The Morgan fingerprint density at radius 1 is 1.50 bits per heavy atom. The predicted molar refractivity (Wildman–Crippen MR) is 82.7 cm³/mol. The summed E-state index contributed by atoms with van der Waals surface area (Å²) in [4.78, 5) is 0. The monoisotopic (exact) mass is 308 g/mol. The molecule has 0 saturated carbocycles. The molecule has 1 aromatic carbocycles. The number of ether oxygens (including phenoxy) is 3. The minimum Gasteiger partial charge on any atom is -0.490 e. The molecule has 1 aliphatic heterocycles. The van der Waals surface area contributed by atoms with Crippen LogP contribution in [0.3, 0.4) is 0 Å². The Balaban J connectivity index is 2.12. The van der Waals surface area contributed by atoms with Gasteiger partial charge in [-0.25, -0.2) is 0 Å². The Morgan fingerprint density at radius 2 is 2.23 bits per heavy atom. The molecule has 6 heteroatoms. The van der Waals surface area contributed by atoms with Gasteiger partial charge in [-0.3, -0.25) is 16.1 Å². The van der Waals surface area contributed by atoms with Gasteiger partial charge in [0.25, 0.3) is 0 Å². The number of hydrogen-bond donors (Lipinski definition) is 3. The molecule has 1 aliphatic rings. The Labute approximate surface area is 130 Å². The van der Waals surface area contributed by atoms with Gasteiger partial charge >= 0.3 is 0 Å². The fourth-order valence-corrected chi connectivity index (χ4v) is 2.55. The summed E-state index contributed by atoms with van der Waals surface area (Å²) < 4.78 is 17.2. The molecule has 122 valence electrons. The lowest BCUT2D eigenvalue weighted by molar-refractivity contribution is -0.141. The maximum Gasteiger partial charge on any atom is 0.163 e. The summed E-state index contributed by atoms with van der Waals surface area (Å²) >= 11 is 0. The maximum absolute atomic E-state index is 8.87. The molecule has 0 amide bonds. The van der Waals surface area contributed by atoms with E-state index in [9.17, 15) is 0 Å². The van der Waals surface area contributed by atoms with Gasteiger partial charge in [0.15, 0.2) is 5.79 Å². The quantitative estimate of drug-likeness (QED) is 0.442. The summed E-state index contributed by atoms with van der Waals surface area (Å²) in [6, 6.07) is 3.67. The summed E-state index contributed by atoms with van der Waals surface area (Å²) in [7, 11) is 0. The van der Waals surface area contributed by atoms with Gasteiger partial charge in [-0.15, -0.1) is 0 Å². The van der Waals surface area contributed by atoms with Crippen LogP contribution in [0.25, 0.3) is 0 Å². The highest BCUT2D eigenvalue weighted by Gasteiger charge is 2.33. The molecule has 1 fully saturated rings. The van der Waals surface area contributed by atoms with E-state index < -0.39 is 5.79 Å². The fourth-order valence-electron chi connectivity index (χ4n) is 2.55. The highest BCUT2D eigenvalue weighted by Crippen LogP contribution is 2.28. The van der Waals surface area contributed by atoms with E-state index in [0.717, 1.165) is 23.3 Å². The van der Waals surface area contributed by atoms with E-state index >= 15 is 0 Å². The average molecular weight is 308 g/mol. The van der Waals surface area contributed by atoms with E-state index in [-0.39, 0.29) is 11.9 Å². The van der Waals surface area contributed by atoms with Gasteiger partial charge in [0.1, 0.15) is 24.3 Å². The number of aryl methyl sites for hydroxylation is 2. The first kappa shape index (κ1) is 16.7. The highest BCUT2D eigenvalue weighted by molar-refractivity contribution is 5.96. The van der Waals surface area contributed by atoms with Gasteiger partial charge in [0.2, 0.25) is 0 Å². The van der Waals surface area contributed by atoms with Crippen molar-refractivity contribution < 1.29 is 19.4 Å². The van der Waals surface area contributed by atoms with E-state index in [2.05, 4.69) is 0 Å². The van der Waals surface area contributed by atoms with Gasteiger partial charge < -0.3 is 14.2 Å². The maximum atomic E-state index is 8.87. The average Bonchev–Trinajstić information content (AvgIpc) is 2.83. The van der Waals surface area contributed by atoms with Gasteiger partial charge in [-0.1, -0.05) is 6.92 Å². The van der Waals surface area contributed by atoms with Gasteiger partial charge in [0.05, 0.1) is 6.61 Å². The minimum absolute atomic E-state index is 0.0291. The van der Waals surface area contributed by atoms with Crippen molar-refractivity contribution in [3.63, 3.8) is 0 Å². The van der Waals surface area contributed by atoms with E-state index in [1.54, 1.807) is 0 Å². The first-order valence-electron chi connectivity index (χ1n) is 7.43. The van der Waals surface area contributed by atoms with Crippen molar-refractivity contribution in [3.05, 3.63) is 28.8 Å². The van der Waals surface area contributed by atoms with Crippen molar-refractivity contribution >= 4 is 5.84 Å². The summed E-state index contributed by atoms with van der Waals surface area (Å²) in [5.41, 5.74) is 4.42. The third-order valence-electron chi connectivity index (χ3n) is 3.61. The molecule has 1 heterocycles. The molecule has 3 N–H and O–H groups in total. The minimum atomic E-state index is -0.553. The summed E-state index contributed by atoms with van der Waals surface area (Å²) in [6.45, 7) is 8.67. The smallest absolute Gasteiger partial charge is 0.163 e. The zero-order chi connectivity index (χ0) is 16.3. The second-order valence-corrected chi connectivity index (χ2v) is 5.88. The molecule has 0 radical (unpaired) electrons. The fraction of sp³-hybridized carbons (Fsp3) is 0.562. The van der Waals surface area contributed by atoms with Gasteiger partial charge in [0, 0.05) is 5.56 Å². The molecule has 1 atom stereocenters. The number of nitrogens with one attached hydrogen (secondary N) is 2. The molecular weight excluding hydrogens is 284 g/mol. The molecule has 1 aromatic rings. The second-order valence-electron chi connectivity index (χ2n) is 5.88. The third-order valence-corrected chi connectivity index (χ3v) is 3.61. The summed E-state index contributed by atoms with van der Waals surface area (Å²) in [5, 5.41) is 16.5. The second kappa shape index (κ2) is 6.64. The lowest BCUT2D eigenvalue weighted by Gasteiger charge is -2.19. The number of benzene rings is 1. The topological polar surface area (TPSA) is 83.8 Å². The summed E-state index contributed by atoms with van der Waals surface area (Å²) in [6.07, 6.45) is 0.687. The Morgan fingerprint density at radius 3 is 2.77 bits per heavy atom. The van der Waals surface area contributed by atoms with Crippen molar-refractivity contribution in [2.45, 2.75) is 46.0 Å². The number of amidine groups is 1. The molecule has 0 unspecified atom stereocenters. The first-order chi connectivity index (χ1) is 10.4. The van der Waals surface area contributed by atoms with E-state index in [1.807, 2.05) is 45.3 Å². The van der Waals surface area contributed by atoms with Gasteiger partial charge in [-0.05, 0) is 50.5 Å². The number of rotatable bonds is 5. The Hall–Kier alpha value is -1.63. The van der Waals surface area contributed by atoms with E-state index in [4.69, 9.17) is 24.8 Å². The summed E-state index contributed by atoms with van der Waals surface area (Å²) in [5.74, 6) is 0.228. The van der Waals surface area contributed by atoms with Crippen molar-refractivity contribution in [2.24, 2.45) is 0 Å². The van der Waals surface area contributed by atoms with Crippen LogP contribution in [0.2, 0.25) is 0 Å². The van der Waals surface area contributed by atoms with Crippen LogP contribution < -0.4 is 10.2 Å². The first-order valence-corrected chi connectivity index (χ1v) is 7.43. The molecule has 0 bridgehead atoms. The lowest BCUT2D eigenvalue weighted by Crippen LogP contribution is -2.25. The normalized spacial score (nSPS) is 20.0. The SMILES string of the molecule is CCc1cc(C(=N)NO)cc(C)c1OC[C@@H]1COC(C)(C)O1. The van der Waals surface area contributed by atoms with Crippen LogP contribution in [0.15, 0.2) is 12.1 Å². The van der Waals surface area contributed by atoms with Crippen LogP contribution in [0.1, 0.15) is 37.5 Å². The van der Waals surface area contributed by atoms with Crippen LogP contribution in [0.4, 0.5) is 0 Å². The number of hydroxylamine groups is 1. The molecule has 0 aliphatic carbocycles. The van der Waals surface area contributed by atoms with Crippen molar-refractivity contribution in [1.82, 2.24) is 5.48 Å². The standard InChI is InChI=1S/C16H24N2O4/c1-5-11-7-12(15(17)18-19)6-10(2)14(11)20-8-13-9-21-16(3,4)22-13/h6-7,13,19H,5,8-9H2,1-4H3,(H2,17,18)/t13-/m1/s1. The van der Waals surface area contributed by atoms with Crippen molar-refractivity contribution in [1.29, 1.82) is 5.41 Å². The number of hydrogen-bond acceptors (Lipinski definition) is 5. The molecule has 2 rings (SSSR count). The highest BCUT2D eigenvalue weighted by atomic mass is 16.7. The zero-order valence-corrected chi connectivity index (χ0v) is 13.5. The molecule has 0 spiro atoms. The Bertz CT molecular complexity index is 557. The molecular formula is C16H24N2O4. The predicted octanol–water partition coefficient (Wildman–Crippen LogP) is 2.39. The van der Waals surface area contributed by atoms with Crippen molar-refractivity contribution in [3.8, 4) is 5.75 Å². The van der Waals surface area contributed by atoms with Gasteiger partial charge in [-0.2, -0.15) is 0 Å². The van der Waals surface area contributed by atoms with E-state index in [1.165, 1.54) is 0 Å². The molecule has 0 aromatic heterocycles. The molecule has 1 saturated heterocycles. The van der Waals surface area contributed by atoms with Crippen LogP contribution in [0, 0.1) is 12.3 Å². The lowest BCUT2D eigenvalue weighted by atomic mass is 10.0.